The Labute approximate surface area is 223 Å². The number of rotatable bonds is 11. The van der Waals surface area contributed by atoms with Gasteiger partial charge < -0.3 is 14.2 Å². The summed E-state index contributed by atoms with van der Waals surface area (Å²) in [7, 11) is 0. The molecule has 2 heterocycles. The first-order valence-electron chi connectivity index (χ1n) is 12.8. The summed E-state index contributed by atoms with van der Waals surface area (Å²) in [5, 5.41) is 2.02. The molecule has 0 fully saturated rings. The minimum Gasteiger partial charge on any atom is -0.494 e. The van der Waals surface area contributed by atoms with E-state index in [1.165, 1.54) is 11.6 Å². The Morgan fingerprint density at radius 3 is 2.70 bits per heavy atom. The molecule has 0 saturated carbocycles. The Balaban J connectivity index is 1.35. The predicted octanol–water partition coefficient (Wildman–Crippen LogP) is 8.92. The molecule has 0 aliphatic carbocycles. The van der Waals surface area contributed by atoms with Crippen molar-refractivity contribution in [3.05, 3.63) is 106 Å². The van der Waals surface area contributed by atoms with E-state index < -0.39 is 0 Å². The lowest BCUT2D eigenvalue weighted by atomic mass is 10.0. The van der Waals surface area contributed by atoms with Crippen LogP contribution in [0.1, 0.15) is 53.7 Å². The molecular formula is C32H35FO3S. The lowest BCUT2D eigenvalue weighted by Gasteiger charge is -2.12. The molecule has 0 saturated heterocycles. The fourth-order valence-electron chi connectivity index (χ4n) is 4.20. The van der Waals surface area contributed by atoms with Gasteiger partial charge in [0.1, 0.15) is 11.5 Å². The summed E-state index contributed by atoms with van der Waals surface area (Å²) in [5.41, 5.74) is 5.42. The smallest absolute Gasteiger partial charge is 0.165 e. The highest BCUT2D eigenvalue weighted by Crippen LogP contribution is 2.31. The van der Waals surface area contributed by atoms with Gasteiger partial charge in [-0.05, 0) is 110 Å². The van der Waals surface area contributed by atoms with Crippen LogP contribution in [0.5, 0.6) is 11.5 Å². The van der Waals surface area contributed by atoms with E-state index in [0.29, 0.717) is 18.8 Å². The number of hydrogen-bond donors (Lipinski definition) is 0. The third-order valence-corrected chi connectivity index (χ3v) is 7.39. The fourth-order valence-corrected chi connectivity index (χ4v) is 5.11. The van der Waals surface area contributed by atoms with E-state index >= 15 is 0 Å². The molecule has 0 unspecified atom stereocenters. The third kappa shape index (κ3) is 7.91. The minimum absolute atomic E-state index is 0.223. The standard InChI is InChI=1S/C32H35FO3S/c1-23-8-14-30(29(33)22-23)36-31(32-25(3)17-21-37-32)15-9-24(2)27-10-12-28(13-11-27)35-19-5-7-26-6-4-18-34-20-16-26/h6,8,10-15,17,21-22H,2,4-5,7,9,16,18-20H2,1,3H3. The van der Waals surface area contributed by atoms with Crippen LogP contribution in [-0.2, 0) is 4.74 Å². The van der Waals surface area contributed by atoms with Crippen LogP contribution in [0.2, 0.25) is 0 Å². The van der Waals surface area contributed by atoms with E-state index in [-0.39, 0.29) is 11.6 Å². The largest absolute Gasteiger partial charge is 0.494 e. The topological polar surface area (TPSA) is 27.7 Å². The Hall–Kier alpha value is -3.15. The molecule has 3 aromatic rings. The zero-order valence-electron chi connectivity index (χ0n) is 21.7. The van der Waals surface area contributed by atoms with Gasteiger partial charge in [0.05, 0.1) is 24.7 Å². The maximum atomic E-state index is 14.5. The summed E-state index contributed by atoms with van der Waals surface area (Å²) in [6.07, 6.45) is 8.99. The first-order valence-corrected chi connectivity index (χ1v) is 13.7. The molecule has 1 aliphatic heterocycles. The summed E-state index contributed by atoms with van der Waals surface area (Å²) in [4.78, 5) is 0.990. The zero-order valence-corrected chi connectivity index (χ0v) is 22.5. The van der Waals surface area contributed by atoms with E-state index in [4.69, 9.17) is 14.2 Å². The van der Waals surface area contributed by atoms with Crippen molar-refractivity contribution < 1.29 is 18.6 Å². The van der Waals surface area contributed by atoms with Crippen LogP contribution in [0.3, 0.4) is 0 Å². The van der Waals surface area contributed by atoms with Crippen LogP contribution in [0.25, 0.3) is 11.3 Å². The van der Waals surface area contributed by atoms with Gasteiger partial charge in [0.25, 0.3) is 0 Å². The van der Waals surface area contributed by atoms with E-state index in [9.17, 15) is 4.39 Å². The highest BCUT2D eigenvalue weighted by atomic mass is 32.1. The molecular weight excluding hydrogens is 483 g/mol. The van der Waals surface area contributed by atoms with Crippen LogP contribution >= 0.6 is 11.3 Å². The van der Waals surface area contributed by atoms with Crippen molar-refractivity contribution in [2.75, 3.05) is 19.8 Å². The van der Waals surface area contributed by atoms with Gasteiger partial charge in [-0.15, -0.1) is 11.3 Å². The van der Waals surface area contributed by atoms with Gasteiger partial charge in [0.15, 0.2) is 11.6 Å². The molecule has 3 nitrogen and oxygen atoms in total. The van der Waals surface area contributed by atoms with Crippen LogP contribution in [0, 0.1) is 19.7 Å². The highest BCUT2D eigenvalue weighted by Gasteiger charge is 2.13. The average Bonchev–Trinajstić information content (AvgIpc) is 3.15. The Morgan fingerprint density at radius 1 is 1.11 bits per heavy atom. The number of allylic oxidation sites excluding steroid dienone is 2. The Bertz CT molecular complexity index is 1250. The van der Waals surface area contributed by atoms with Gasteiger partial charge in [0.2, 0.25) is 0 Å². The quantitative estimate of drug-likeness (QED) is 0.144. The number of aryl methyl sites for hydroxylation is 2. The molecule has 0 atom stereocenters. The lowest BCUT2D eigenvalue weighted by Crippen LogP contribution is -1.99. The van der Waals surface area contributed by atoms with Crippen molar-refractivity contribution in [2.24, 2.45) is 0 Å². The number of ether oxygens (including phenoxy) is 3. The normalized spacial score (nSPS) is 14.1. The van der Waals surface area contributed by atoms with Crippen molar-refractivity contribution in [1.82, 2.24) is 0 Å². The summed E-state index contributed by atoms with van der Waals surface area (Å²) in [5.74, 6) is 1.36. The Morgan fingerprint density at radius 2 is 1.95 bits per heavy atom. The number of thiophene rings is 1. The summed E-state index contributed by atoms with van der Waals surface area (Å²) < 4.78 is 32.0. The third-order valence-electron chi connectivity index (χ3n) is 6.36. The van der Waals surface area contributed by atoms with Crippen molar-refractivity contribution in [3.63, 3.8) is 0 Å². The van der Waals surface area contributed by atoms with Gasteiger partial charge >= 0.3 is 0 Å². The van der Waals surface area contributed by atoms with Gasteiger partial charge in [-0.2, -0.15) is 0 Å². The second-order valence-electron chi connectivity index (χ2n) is 9.33. The van der Waals surface area contributed by atoms with Gasteiger partial charge in [-0.3, -0.25) is 0 Å². The molecule has 194 valence electrons. The lowest BCUT2D eigenvalue weighted by molar-refractivity contribution is 0.146. The minimum atomic E-state index is -0.366. The molecule has 1 aliphatic rings. The van der Waals surface area contributed by atoms with E-state index in [2.05, 4.69) is 12.7 Å². The molecule has 4 rings (SSSR count). The van der Waals surface area contributed by atoms with Gasteiger partial charge in [-0.1, -0.05) is 36.4 Å². The molecule has 2 aromatic carbocycles. The van der Waals surface area contributed by atoms with Crippen molar-refractivity contribution in [2.45, 2.75) is 46.0 Å². The second kappa shape index (κ2) is 13.4. The molecule has 37 heavy (non-hydrogen) atoms. The maximum Gasteiger partial charge on any atom is 0.165 e. The summed E-state index contributed by atoms with van der Waals surface area (Å²) in [6, 6.07) is 15.1. The fraction of sp³-hybridized carbons (Fsp3) is 0.312. The van der Waals surface area contributed by atoms with Crippen molar-refractivity contribution >= 4 is 22.7 Å². The first-order chi connectivity index (χ1) is 18.0. The first kappa shape index (κ1) is 26.9. The van der Waals surface area contributed by atoms with Crippen molar-refractivity contribution in [1.29, 1.82) is 0 Å². The van der Waals surface area contributed by atoms with Crippen molar-refractivity contribution in [3.8, 4) is 11.5 Å². The second-order valence-corrected chi connectivity index (χ2v) is 10.3. The SMILES string of the molecule is C=C(CC=C(Oc1ccc(C)cc1F)c1sccc1C)c1ccc(OCCCC2=CCCOCC2)cc1. The summed E-state index contributed by atoms with van der Waals surface area (Å²) in [6.45, 7) is 10.5. The van der Waals surface area contributed by atoms with Crippen LogP contribution < -0.4 is 9.47 Å². The van der Waals surface area contributed by atoms with Gasteiger partial charge in [-0.25, -0.2) is 4.39 Å². The molecule has 0 radical (unpaired) electrons. The van der Waals surface area contributed by atoms with Crippen LogP contribution in [0.4, 0.5) is 4.39 Å². The van der Waals surface area contributed by atoms with Gasteiger partial charge in [0, 0.05) is 0 Å². The van der Waals surface area contributed by atoms with E-state index in [1.807, 2.05) is 61.7 Å². The molecule has 0 spiro atoms. The Kier molecular flexibility index (Phi) is 9.75. The molecule has 1 aromatic heterocycles. The maximum absolute atomic E-state index is 14.5. The van der Waals surface area contributed by atoms with Crippen LogP contribution in [-0.4, -0.2) is 19.8 Å². The molecule has 0 N–H and O–H groups in total. The predicted molar refractivity (Wildman–Crippen MR) is 152 cm³/mol. The number of halogens is 1. The van der Waals surface area contributed by atoms with Crippen LogP contribution in [0.15, 0.2) is 78.2 Å². The average molecular weight is 519 g/mol. The van der Waals surface area contributed by atoms with E-state index in [1.54, 1.807) is 17.4 Å². The molecule has 5 heteroatoms. The molecule has 0 amide bonds. The number of benzene rings is 2. The van der Waals surface area contributed by atoms with E-state index in [0.717, 1.165) is 71.8 Å². The molecule has 0 bridgehead atoms. The number of hydrogen-bond acceptors (Lipinski definition) is 4. The monoisotopic (exact) mass is 518 g/mol. The zero-order chi connectivity index (χ0) is 26.0. The summed E-state index contributed by atoms with van der Waals surface area (Å²) >= 11 is 1.58. The highest BCUT2D eigenvalue weighted by molar-refractivity contribution is 7.11.